The molecule has 0 radical (unpaired) electrons. The summed E-state index contributed by atoms with van der Waals surface area (Å²) in [4.78, 5) is 28.4. The van der Waals surface area contributed by atoms with Gasteiger partial charge in [0, 0.05) is 14.1 Å². The molecule has 0 unspecified atom stereocenters. The number of quaternary nitrogens is 1. The molecule has 0 fully saturated rings. The second-order valence-electron chi connectivity index (χ2n) is 5.42. The first kappa shape index (κ1) is 18.9. The summed E-state index contributed by atoms with van der Waals surface area (Å²) in [6.45, 7) is 5.97. The molecule has 124 valence electrons. The standard InChI is InChI=1S/C14H23N5O2.HI/c1-5-10(6-2)15-7-8-19-9-16-12-11(19)13(20)18(4)14(21)17(12)3;/h9-10,15H,5-8H2,1-4H3;1H. The molecule has 2 N–H and O–H groups in total. The number of nitrogens with zero attached hydrogens (tertiary/aromatic N) is 4. The number of imidazole rings is 1. The molecule has 2 aromatic heterocycles. The topological polar surface area (TPSA) is 78.4 Å². The minimum absolute atomic E-state index is 0. The summed E-state index contributed by atoms with van der Waals surface area (Å²) in [6, 6.07) is 0.618. The molecule has 7 nitrogen and oxygen atoms in total. The van der Waals surface area contributed by atoms with E-state index in [-0.39, 0.29) is 35.2 Å². The molecule has 8 heteroatoms. The zero-order chi connectivity index (χ0) is 15.6. The summed E-state index contributed by atoms with van der Waals surface area (Å²) < 4.78 is 4.39. The Hall–Kier alpha value is -1.16. The van der Waals surface area contributed by atoms with Gasteiger partial charge in [0.25, 0.3) is 5.56 Å². The fourth-order valence-corrected chi connectivity index (χ4v) is 2.64. The van der Waals surface area contributed by atoms with Gasteiger partial charge in [0.2, 0.25) is 0 Å². The minimum atomic E-state index is -0.346. The number of aromatic nitrogens is 4. The number of rotatable bonds is 6. The Balaban J connectivity index is 0.00000242. The van der Waals surface area contributed by atoms with Crippen LogP contribution in [0.3, 0.4) is 0 Å². The molecule has 0 saturated carbocycles. The van der Waals surface area contributed by atoms with E-state index in [1.54, 1.807) is 13.4 Å². The summed E-state index contributed by atoms with van der Waals surface area (Å²) in [5.41, 5.74) is 0.317. The zero-order valence-electron chi connectivity index (χ0n) is 13.5. The van der Waals surface area contributed by atoms with Crippen LogP contribution in [0.4, 0.5) is 0 Å². The molecule has 0 aromatic carbocycles. The smallest absolute Gasteiger partial charge is 0.332 e. The van der Waals surface area contributed by atoms with Crippen LogP contribution >= 0.6 is 0 Å². The molecule has 22 heavy (non-hydrogen) atoms. The molecule has 0 bridgehead atoms. The molecule has 0 spiro atoms. The second kappa shape index (κ2) is 7.91. The van der Waals surface area contributed by atoms with Crippen molar-refractivity contribution in [3.63, 3.8) is 0 Å². The van der Waals surface area contributed by atoms with Crippen molar-refractivity contribution in [1.82, 2.24) is 18.7 Å². The molecule has 2 heterocycles. The third-order valence-corrected chi connectivity index (χ3v) is 4.14. The van der Waals surface area contributed by atoms with Crippen molar-refractivity contribution < 1.29 is 29.3 Å². The Bertz CT molecular complexity index is 742. The van der Waals surface area contributed by atoms with Crippen LogP contribution in [-0.4, -0.2) is 31.3 Å². The number of halogens is 1. The fraction of sp³-hybridized carbons (Fsp3) is 0.643. The van der Waals surface area contributed by atoms with Crippen molar-refractivity contribution in [2.24, 2.45) is 14.1 Å². The highest BCUT2D eigenvalue weighted by atomic mass is 127. The largest absolute Gasteiger partial charge is 1.00 e. The third-order valence-electron chi connectivity index (χ3n) is 4.14. The maximum atomic E-state index is 12.3. The van der Waals surface area contributed by atoms with Crippen LogP contribution in [0.15, 0.2) is 15.9 Å². The van der Waals surface area contributed by atoms with E-state index in [0.717, 1.165) is 24.0 Å². The lowest BCUT2D eigenvalue weighted by Gasteiger charge is -2.11. The Kier molecular flexibility index (Phi) is 6.79. The van der Waals surface area contributed by atoms with Crippen molar-refractivity contribution in [3.8, 4) is 0 Å². The van der Waals surface area contributed by atoms with Gasteiger partial charge in [-0.15, -0.1) is 0 Å². The summed E-state index contributed by atoms with van der Waals surface area (Å²) in [7, 11) is 3.13. The zero-order valence-corrected chi connectivity index (χ0v) is 15.7. The Morgan fingerprint density at radius 2 is 1.82 bits per heavy atom. The Labute approximate surface area is 146 Å². The van der Waals surface area contributed by atoms with E-state index >= 15 is 0 Å². The molecule has 0 atom stereocenters. The van der Waals surface area contributed by atoms with Gasteiger partial charge >= 0.3 is 5.69 Å². The normalized spacial score (nSPS) is 11.1. The molecular weight excluding hydrogens is 397 g/mol. The van der Waals surface area contributed by atoms with E-state index < -0.39 is 0 Å². The highest BCUT2D eigenvalue weighted by Gasteiger charge is 2.14. The van der Waals surface area contributed by atoms with E-state index in [0.29, 0.717) is 23.8 Å². The number of fused-ring (bicyclic) bond motifs is 1. The van der Waals surface area contributed by atoms with E-state index in [1.807, 2.05) is 4.57 Å². The van der Waals surface area contributed by atoms with Crippen LogP contribution in [0.2, 0.25) is 0 Å². The average molecular weight is 421 g/mol. The van der Waals surface area contributed by atoms with Gasteiger partial charge in [0.05, 0.1) is 25.5 Å². The van der Waals surface area contributed by atoms with Crippen LogP contribution in [0.1, 0.15) is 26.7 Å². The monoisotopic (exact) mass is 421 g/mol. The van der Waals surface area contributed by atoms with Crippen LogP contribution in [0, 0.1) is 0 Å². The summed E-state index contributed by atoms with van der Waals surface area (Å²) in [5.74, 6) is 0. The lowest BCUT2D eigenvalue weighted by molar-refractivity contribution is -0.690. The number of hydrogen-bond acceptors (Lipinski definition) is 3. The van der Waals surface area contributed by atoms with Gasteiger partial charge in [-0.25, -0.2) is 9.78 Å². The molecule has 0 amide bonds. The Morgan fingerprint density at radius 3 is 2.41 bits per heavy atom. The van der Waals surface area contributed by atoms with Crippen molar-refractivity contribution in [2.45, 2.75) is 39.3 Å². The summed E-state index contributed by atoms with van der Waals surface area (Å²) >= 11 is 0. The van der Waals surface area contributed by atoms with Crippen LogP contribution in [-0.2, 0) is 20.6 Å². The van der Waals surface area contributed by atoms with Gasteiger partial charge in [-0.2, -0.15) is 0 Å². The average Bonchev–Trinajstić information content (AvgIpc) is 2.91. The number of aryl methyl sites for hydroxylation is 1. The molecule has 0 aliphatic carbocycles. The van der Waals surface area contributed by atoms with Crippen LogP contribution in [0.25, 0.3) is 11.2 Å². The fourth-order valence-electron chi connectivity index (χ4n) is 2.64. The lowest BCUT2D eigenvalue weighted by Crippen LogP contribution is -3.00. The molecule has 0 saturated heterocycles. The second-order valence-corrected chi connectivity index (χ2v) is 5.42. The Morgan fingerprint density at radius 1 is 1.18 bits per heavy atom. The van der Waals surface area contributed by atoms with Gasteiger partial charge in [0.1, 0.15) is 0 Å². The van der Waals surface area contributed by atoms with E-state index in [2.05, 4.69) is 24.1 Å². The quantitative estimate of drug-likeness (QED) is 0.486. The molecule has 0 aliphatic rings. The first-order chi connectivity index (χ1) is 10.0. The maximum Gasteiger partial charge on any atom is 0.332 e. The van der Waals surface area contributed by atoms with Crippen LogP contribution in [0.5, 0.6) is 0 Å². The van der Waals surface area contributed by atoms with Gasteiger partial charge in [-0.05, 0) is 12.8 Å². The SMILES string of the molecule is CCC(CC)[NH2+]CCn1cnc2c1c(=O)n(C)c(=O)n2C.[I-]. The molecule has 2 aromatic rings. The van der Waals surface area contributed by atoms with Gasteiger partial charge in [0.15, 0.2) is 11.2 Å². The van der Waals surface area contributed by atoms with Gasteiger partial charge in [-0.1, -0.05) is 13.8 Å². The van der Waals surface area contributed by atoms with Crippen molar-refractivity contribution >= 4 is 11.2 Å². The maximum absolute atomic E-state index is 12.3. The van der Waals surface area contributed by atoms with E-state index in [4.69, 9.17) is 0 Å². The first-order valence-electron chi connectivity index (χ1n) is 7.45. The summed E-state index contributed by atoms with van der Waals surface area (Å²) in [5, 5.41) is 2.30. The van der Waals surface area contributed by atoms with Crippen molar-refractivity contribution in [1.29, 1.82) is 0 Å². The van der Waals surface area contributed by atoms with Crippen molar-refractivity contribution in [2.75, 3.05) is 6.54 Å². The predicted octanol–water partition coefficient (Wildman–Crippen LogP) is -3.81. The number of nitrogens with two attached hydrogens (primary N) is 1. The van der Waals surface area contributed by atoms with Crippen molar-refractivity contribution in [3.05, 3.63) is 27.2 Å². The first-order valence-corrected chi connectivity index (χ1v) is 7.45. The molecule has 2 rings (SSSR count). The molecule has 0 aliphatic heterocycles. The predicted molar refractivity (Wildman–Crippen MR) is 81.4 cm³/mol. The molecular formula is C14H24IN5O2. The highest BCUT2D eigenvalue weighted by molar-refractivity contribution is 5.69. The number of hydrogen-bond donors (Lipinski definition) is 1. The van der Waals surface area contributed by atoms with E-state index in [1.165, 1.54) is 11.6 Å². The van der Waals surface area contributed by atoms with E-state index in [9.17, 15) is 9.59 Å². The van der Waals surface area contributed by atoms with Gasteiger partial charge < -0.3 is 33.9 Å². The minimum Gasteiger partial charge on any atom is -1.00 e. The lowest BCUT2D eigenvalue weighted by atomic mass is 10.2. The highest BCUT2D eigenvalue weighted by Crippen LogP contribution is 2.04. The summed E-state index contributed by atoms with van der Waals surface area (Å²) in [6.07, 6.45) is 3.92. The van der Waals surface area contributed by atoms with Crippen LogP contribution < -0.4 is 40.5 Å². The van der Waals surface area contributed by atoms with Gasteiger partial charge in [-0.3, -0.25) is 13.9 Å². The third kappa shape index (κ3) is 3.43.